The number of benzene rings is 1. The van der Waals surface area contributed by atoms with Gasteiger partial charge in [0.25, 0.3) is 5.91 Å². The average molecular weight is 252 g/mol. The van der Waals surface area contributed by atoms with Crippen LogP contribution in [0.2, 0.25) is 0 Å². The summed E-state index contributed by atoms with van der Waals surface area (Å²) in [6, 6.07) is 5.81. The van der Waals surface area contributed by atoms with Gasteiger partial charge in [0.05, 0.1) is 11.2 Å². The zero-order valence-corrected chi connectivity index (χ0v) is 10.1. The number of halogens is 1. The summed E-state index contributed by atoms with van der Waals surface area (Å²) >= 11 is 0. The lowest BCUT2D eigenvalue weighted by atomic mass is 9.92. The van der Waals surface area contributed by atoms with Crippen LogP contribution in [0.3, 0.4) is 0 Å². The topological polar surface area (TPSA) is 61.4 Å². The van der Waals surface area contributed by atoms with Gasteiger partial charge in [-0.15, -0.1) is 0 Å². The van der Waals surface area contributed by atoms with Crippen LogP contribution in [0.5, 0.6) is 0 Å². The molecule has 1 heterocycles. The monoisotopic (exact) mass is 252 g/mol. The third-order valence-electron chi connectivity index (χ3n) is 3.23. The van der Waals surface area contributed by atoms with Crippen molar-refractivity contribution in [2.45, 2.75) is 18.4 Å². The molecular weight excluding hydrogens is 235 g/mol. The van der Waals surface area contributed by atoms with Crippen LogP contribution in [0, 0.1) is 5.82 Å². The molecule has 1 aromatic rings. The lowest BCUT2D eigenvalue weighted by molar-refractivity contribution is 0.0112. The maximum atomic E-state index is 13.4. The van der Waals surface area contributed by atoms with Gasteiger partial charge in [-0.3, -0.25) is 4.79 Å². The summed E-state index contributed by atoms with van der Waals surface area (Å²) < 4.78 is 13.4. The van der Waals surface area contributed by atoms with E-state index in [0.717, 1.165) is 13.1 Å². The largest absolute Gasteiger partial charge is 0.388 e. The number of aliphatic hydroxyl groups is 1. The van der Waals surface area contributed by atoms with Crippen LogP contribution >= 0.6 is 0 Å². The maximum Gasteiger partial charge on any atom is 0.254 e. The molecule has 1 amide bonds. The van der Waals surface area contributed by atoms with Gasteiger partial charge in [0.15, 0.2) is 0 Å². The van der Waals surface area contributed by atoms with E-state index in [2.05, 4.69) is 10.6 Å². The van der Waals surface area contributed by atoms with Gasteiger partial charge >= 0.3 is 0 Å². The molecule has 1 aromatic carbocycles. The highest BCUT2D eigenvalue weighted by molar-refractivity contribution is 5.94. The molecule has 5 heteroatoms. The lowest BCUT2D eigenvalue weighted by Gasteiger charge is -2.32. The van der Waals surface area contributed by atoms with E-state index in [1.807, 2.05) is 0 Å². The third kappa shape index (κ3) is 3.05. The molecule has 1 aliphatic rings. The van der Waals surface area contributed by atoms with Gasteiger partial charge in [0, 0.05) is 6.54 Å². The van der Waals surface area contributed by atoms with Crippen LogP contribution in [0.4, 0.5) is 4.39 Å². The predicted octanol–water partition coefficient (Wildman–Crippen LogP) is 0.670. The highest BCUT2D eigenvalue weighted by Gasteiger charge is 2.29. The van der Waals surface area contributed by atoms with Crippen molar-refractivity contribution >= 4 is 5.91 Å². The van der Waals surface area contributed by atoms with E-state index in [-0.39, 0.29) is 12.1 Å². The number of nitrogens with one attached hydrogen (secondary N) is 2. The number of rotatable bonds is 3. The molecule has 3 N–H and O–H groups in total. The zero-order valence-electron chi connectivity index (χ0n) is 10.1. The van der Waals surface area contributed by atoms with Crippen LogP contribution in [0.15, 0.2) is 24.3 Å². The molecule has 2 rings (SSSR count). The Morgan fingerprint density at radius 1 is 1.39 bits per heavy atom. The van der Waals surface area contributed by atoms with Gasteiger partial charge in [0.2, 0.25) is 0 Å². The molecular formula is C13H17FN2O2. The highest BCUT2D eigenvalue weighted by atomic mass is 19.1. The SMILES string of the molecule is O=C(NCC1(O)CCNCC1)c1ccccc1F. The first-order chi connectivity index (χ1) is 8.61. The summed E-state index contributed by atoms with van der Waals surface area (Å²) in [7, 11) is 0. The molecule has 0 saturated carbocycles. The molecule has 0 atom stereocenters. The minimum atomic E-state index is -0.883. The number of hydrogen-bond acceptors (Lipinski definition) is 3. The Labute approximate surface area is 105 Å². The van der Waals surface area contributed by atoms with E-state index in [0.29, 0.717) is 12.8 Å². The van der Waals surface area contributed by atoms with Crippen molar-refractivity contribution in [2.75, 3.05) is 19.6 Å². The summed E-state index contributed by atoms with van der Waals surface area (Å²) in [4.78, 5) is 11.8. The van der Waals surface area contributed by atoms with Gasteiger partial charge in [0.1, 0.15) is 5.82 Å². The lowest BCUT2D eigenvalue weighted by Crippen LogP contribution is -2.49. The van der Waals surface area contributed by atoms with Crippen LogP contribution < -0.4 is 10.6 Å². The summed E-state index contributed by atoms with van der Waals surface area (Å²) in [5, 5.41) is 15.9. The Kier molecular flexibility index (Phi) is 3.93. The Bertz CT molecular complexity index is 431. The van der Waals surface area contributed by atoms with Gasteiger partial charge in [-0.2, -0.15) is 0 Å². The van der Waals surface area contributed by atoms with E-state index in [1.54, 1.807) is 6.07 Å². The Morgan fingerprint density at radius 2 is 2.06 bits per heavy atom. The first kappa shape index (κ1) is 13.0. The molecule has 1 saturated heterocycles. The van der Waals surface area contributed by atoms with Crippen LogP contribution in [0.1, 0.15) is 23.2 Å². The second-order valence-corrected chi connectivity index (χ2v) is 4.64. The molecule has 18 heavy (non-hydrogen) atoms. The quantitative estimate of drug-likeness (QED) is 0.741. The van der Waals surface area contributed by atoms with E-state index in [4.69, 9.17) is 0 Å². The summed E-state index contributed by atoms with van der Waals surface area (Å²) in [5.74, 6) is -1.03. The van der Waals surface area contributed by atoms with E-state index < -0.39 is 17.3 Å². The number of piperidine rings is 1. The summed E-state index contributed by atoms with van der Waals surface area (Å²) in [5.41, 5.74) is -0.873. The number of hydrogen-bond donors (Lipinski definition) is 3. The fraction of sp³-hybridized carbons (Fsp3) is 0.462. The van der Waals surface area contributed by atoms with E-state index in [1.165, 1.54) is 18.2 Å². The fourth-order valence-electron chi connectivity index (χ4n) is 2.05. The Balaban J connectivity index is 1.94. The van der Waals surface area contributed by atoms with Crippen molar-refractivity contribution in [3.63, 3.8) is 0 Å². The maximum absolute atomic E-state index is 13.4. The van der Waals surface area contributed by atoms with E-state index in [9.17, 15) is 14.3 Å². The van der Waals surface area contributed by atoms with Crippen LogP contribution in [-0.4, -0.2) is 36.2 Å². The number of carbonyl (C=O) groups is 1. The first-order valence-electron chi connectivity index (χ1n) is 6.07. The molecule has 0 aliphatic carbocycles. The summed E-state index contributed by atoms with van der Waals surface area (Å²) in [6.45, 7) is 1.61. The molecule has 0 bridgehead atoms. The summed E-state index contributed by atoms with van der Waals surface area (Å²) in [6.07, 6.45) is 1.18. The van der Waals surface area contributed by atoms with Gasteiger partial charge < -0.3 is 15.7 Å². The fourth-order valence-corrected chi connectivity index (χ4v) is 2.05. The Morgan fingerprint density at radius 3 is 2.72 bits per heavy atom. The average Bonchev–Trinajstić information content (AvgIpc) is 2.38. The highest BCUT2D eigenvalue weighted by Crippen LogP contribution is 2.17. The molecule has 0 aromatic heterocycles. The molecule has 1 fully saturated rings. The smallest absolute Gasteiger partial charge is 0.254 e. The van der Waals surface area contributed by atoms with Crippen molar-refractivity contribution in [3.8, 4) is 0 Å². The molecule has 98 valence electrons. The van der Waals surface area contributed by atoms with Crippen molar-refractivity contribution in [1.82, 2.24) is 10.6 Å². The van der Waals surface area contributed by atoms with Gasteiger partial charge in [-0.05, 0) is 38.1 Å². The third-order valence-corrected chi connectivity index (χ3v) is 3.23. The van der Waals surface area contributed by atoms with Crippen molar-refractivity contribution < 1.29 is 14.3 Å². The van der Waals surface area contributed by atoms with Crippen LogP contribution in [-0.2, 0) is 0 Å². The molecule has 0 radical (unpaired) electrons. The van der Waals surface area contributed by atoms with Crippen molar-refractivity contribution in [2.24, 2.45) is 0 Å². The second-order valence-electron chi connectivity index (χ2n) is 4.64. The van der Waals surface area contributed by atoms with Crippen molar-refractivity contribution in [3.05, 3.63) is 35.6 Å². The van der Waals surface area contributed by atoms with E-state index >= 15 is 0 Å². The normalized spacial score (nSPS) is 18.3. The second kappa shape index (κ2) is 5.46. The molecule has 0 spiro atoms. The number of carbonyl (C=O) groups excluding carboxylic acids is 1. The van der Waals surface area contributed by atoms with Gasteiger partial charge in [-0.1, -0.05) is 12.1 Å². The van der Waals surface area contributed by atoms with Crippen molar-refractivity contribution in [1.29, 1.82) is 0 Å². The zero-order chi connectivity index (χ0) is 13.0. The minimum Gasteiger partial charge on any atom is -0.388 e. The molecule has 1 aliphatic heterocycles. The Hall–Kier alpha value is -1.46. The molecule has 4 nitrogen and oxygen atoms in total. The first-order valence-corrected chi connectivity index (χ1v) is 6.07. The van der Waals surface area contributed by atoms with Gasteiger partial charge in [-0.25, -0.2) is 4.39 Å². The predicted molar refractivity (Wildman–Crippen MR) is 65.8 cm³/mol. The minimum absolute atomic E-state index is 0.00929. The number of amides is 1. The standard InChI is InChI=1S/C13H17FN2O2/c14-11-4-2-1-3-10(11)12(17)16-9-13(18)5-7-15-8-6-13/h1-4,15,18H,5-9H2,(H,16,17). The van der Waals surface area contributed by atoms with Crippen LogP contribution in [0.25, 0.3) is 0 Å². The molecule has 0 unspecified atom stereocenters.